The van der Waals surface area contributed by atoms with Crippen LogP contribution in [0.15, 0.2) is 22.7 Å². The van der Waals surface area contributed by atoms with Crippen molar-refractivity contribution >= 4 is 12.4 Å². The minimum absolute atomic E-state index is 0. The van der Waals surface area contributed by atoms with Crippen LogP contribution in [-0.2, 0) is 6.42 Å². The van der Waals surface area contributed by atoms with Gasteiger partial charge in [0.1, 0.15) is 0 Å². The van der Waals surface area contributed by atoms with Crippen molar-refractivity contribution in [3.05, 3.63) is 24.1 Å². The number of nitrogens with zero attached hydrogens (tertiary/aromatic N) is 2. The van der Waals surface area contributed by atoms with Crippen molar-refractivity contribution in [2.45, 2.75) is 25.3 Å². The monoisotopic (exact) mass is 325 g/mol. The highest BCUT2D eigenvalue weighted by Gasteiger charge is 2.19. The Morgan fingerprint density at radius 3 is 2.77 bits per heavy atom. The fourth-order valence-electron chi connectivity index (χ4n) is 2.57. The molecule has 22 heavy (non-hydrogen) atoms. The molecule has 1 N–H and O–H groups in total. The number of methoxy groups -OCH3 is 2. The fraction of sp³-hybridized carbons (Fsp3) is 0.467. The lowest BCUT2D eigenvalue weighted by molar-refractivity contribution is 0.355. The molecule has 0 spiro atoms. The molecule has 120 valence electrons. The van der Waals surface area contributed by atoms with Gasteiger partial charge in [0.2, 0.25) is 11.7 Å². The molecule has 2 aromatic rings. The zero-order valence-corrected chi connectivity index (χ0v) is 13.5. The quantitative estimate of drug-likeness (QED) is 0.910. The maximum Gasteiger partial charge on any atom is 0.228 e. The maximum absolute atomic E-state index is 5.34. The van der Waals surface area contributed by atoms with Crippen LogP contribution in [0.3, 0.4) is 0 Å². The summed E-state index contributed by atoms with van der Waals surface area (Å²) in [6.45, 7) is 1.07. The van der Waals surface area contributed by atoms with Crippen molar-refractivity contribution in [3.8, 4) is 22.9 Å². The zero-order valence-electron chi connectivity index (χ0n) is 12.7. The number of halogens is 1. The van der Waals surface area contributed by atoms with Crippen LogP contribution in [0.5, 0.6) is 11.5 Å². The minimum Gasteiger partial charge on any atom is -0.493 e. The minimum atomic E-state index is 0. The summed E-state index contributed by atoms with van der Waals surface area (Å²) in [6.07, 6.45) is 3.15. The van der Waals surface area contributed by atoms with Crippen LogP contribution in [0, 0.1) is 0 Å². The van der Waals surface area contributed by atoms with E-state index in [0.29, 0.717) is 29.3 Å². The van der Waals surface area contributed by atoms with Gasteiger partial charge < -0.3 is 19.3 Å². The van der Waals surface area contributed by atoms with E-state index >= 15 is 0 Å². The highest BCUT2D eigenvalue weighted by Crippen LogP contribution is 2.31. The molecule has 2 heterocycles. The molecule has 3 rings (SSSR count). The number of rotatable bonds is 5. The van der Waals surface area contributed by atoms with Crippen LogP contribution in [-0.4, -0.2) is 36.9 Å². The molecule has 0 amide bonds. The standard InChI is InChI=1S/C15H19N3O3.ClH/c1-19-12-6-5-10(8-13(12)20-2)15-17-14(21-18-15)9-11-4-3-7-16-11;/h5-6,8,11,16H,3-4,7,9H2,1-2H3;1H. The summed E-state index contributed by atoms with van der Waals surface area (Å²) >= 11 is 0. The summed E-state index contributed by atoms with van der Waals surface area (Å²) in [5, 5.41) is 7.47. The van der Waals surface area contributed by atoms with E-state index in [2.05, 4.69) is 15.5 Å². The Morgan fingerprint density at radius 1 is 1.27 bits per heavy atom. The Bertz CT molecular complexity index is 612. The second kappa shape index (κ2) is 7.47. The van der Waals surface area contributed by atoms with Gasteiger partial charge in [-0.05, 0) is 37.6 Å². The van der Waals surface area contributed by atoms with Crippen molar-refractivity contribution in [1.29, 1.82) is 0 Å². The van der Waals surface area contributed by atoms with Gasteiger partial charge in [-0.2, -0.15) is 4.98 Å². The zero-order chi connectivity index (χ0) is 14.7. The van der Waals surface area contributed by atoms with E-state index < -0.39 is 0 Å². The predicted octanol–water partition coefficient (Wildman–Crippen LogP) is 2.47. The van der Waals surface area contributed by atoms with Gasteiger partial charge in [0.15, 0.2) is 11.5 Å². The number of hydrogen-bond acceptors (Lipinski definition) is 6. The molecule has 1 atom stereocenters. The maximum atomic E-state index is 5.34. The lowest BCUT2D eigenvalue weighted by Crippen LogP contribution is -2.23. The molecule has 1 saturated heterocycles. The first-order valence-corrected chi connectivity index (χ1v) is 7.08. The third-order valence-electron chi connectivity index (χ3n) is 3.69. The molecule has 1 aliphatic heterocycles. The van der Waals surface area contributed by atoms with E-state index in [9.17, 15) is 0 Å². The van der Waals surface area contributed by atoms with E-state index in [1.165, 1.54) is 6.42 Å². The van der Waals surface area contributed by atoms with Gasteiger partial charge in [-0.25, -0.2) is 0 Å². The Hall–Kier alpha value is -1.79. The van der Waals surface area contributed by atoms with Crippen molar-refractivity contribution in [2.24, 2.45) is 0 Å². The lowest BCUT2D eigenvalue weighted by Gasteiger charge is -2.07. The van der Waals surface area contributed by atoms with Crippen LogP contribution >= 0.6 is 12.4 Å². The van der Waals surface area contributed by atoms with E-state index in [0.717, 1.165) is 24.9 Å². The molecule has 0 aliphatic carbocycles. The number of nitrogens with one attached hydrogen (secondary N) is 1. The molecule has 7 heteroatoms. The van der Waals surface area contributed by atoms with Crippen LogP contribution in [0.4, 0.5) is 0 Å². The molecule has 1 fully saturated rings. The average molecular weight is 326 g/mol. The molecule has 1 unspecified atom stereocenters. The van der Waals surface area contributed by atoms with Crippen molar-refractivity contribution in [3.63, 3.8) is 0 Å². The van der Waals surface area contributed by atoms with Crippen LogP contribution in [0.2, 0.25) is 0 Å². The van der Waals surface area contributed by atoms with E-state index in [4.69, 9.17) is 14.0 Å². The SMILES string of the molecule is COc1ccc(-c2noc(CC3CCCN3)n2)cc1OC.Cl. The first kappa shape index (κ1) is 16.6. The van der Waals surface area contributed by atoms with Gasteiger partial charge >= 0.3 is 0 Å². The van der Waals surface area contributed by atoms with Crippen LogP contribution < -0.4 is 14.8 Å². The third kappa shape index (κ3) is 3.51. The predicted molar refractivity (Wildman–Crippen MR) is 84.8 cm³/mol. The second-order valence-electron chi connectivity index (χ2n) is 5.08. The Kier molecular flexibility index (Phi) is 5.63. The molecule has 6 nitrogen and oxygen atoms in total. The topological polar surface area (TPSA) is 69.4 Å². The fourth-order valence-corrected chi connectivity index (χ4v) is 2.57. The summed E-state index contributed by atoms with van der Waals surface area (Å²) in [5.41, 5.74) is 0.849. The van der Waals surface area contributed by atoms with Crippen LogP contribution in [0.25, 0.3) is 11.4 Å². The van der Waals surface area contributed by atoms with Crippen molar-refractivity contribution in [2.75, 3.05) is 20.8 Å². The van der Waals surface area contributed by atoms with Gasteiger partial charge in [0, 0.05) is 18.0 Å². The highest BCUT2D eigenvalue weighted by molar-refractivity contribution is 5.85. The first-order valence-electron chi connectivity index (χ1n) is 7.08. The average Bonchev–Trinajstić information content (AvgIpc) is 3.19. The molecule has 0 saturated carbocycles. The van der Waals surface area contributed by atoms with Crippen molar-refractivity contribution < 1.29 is 14.0 Å². The Labute approximate surface area is 135 Å². The molecular weight excluding hydrogens is 306 g/mol. The second-order valence-corrected chi connectivity index (χ2v) is 5.08. The summed E-state index contributed by atoms with van der Waals surface area (Å²) in [7, 11) is 3.22. The summed E-state index contributed by atoms with van der Waals surface area (Å²) in [4.78, 5) is 4.46. The molecule has 1 aliphatic rings. The molecular formula is C15H20ClN3O3. The lowest BCUT2D eigenvalue weighted by atomic mass is 10.1. The third-order valence-corrected chi connectivity index (χ3v) is 3.69. The smallest absolute Gasteiger partial charge is 0.228 e. The van der Waals surface area contributed by atoms with E-state index in [1.54, 1.807) is 14.2 Å². The van der Waals surface area contributed by atoms with Gasteiger partial charge in [0.25, 0.3) is 0 Å². The van der Waals surface area contributed by atoms with Crippen LogP contribution in [0.1, 0.15) is 18.7 Å². The number of ether oxygens (including phenoxy) is 2. The normalized spacial score (nSPS) is 17.1. The summed E-state index contributed by atoms with van der Waals surface area (Å²) in [5.74, 6) is 2.57. The number of aromatic nitrogens is 2. The Morgan fingerprint density at radius 2 is 2.09 bits per heavy atom. The van der Waals surface area contributed by atoms with Gasteiger partial charge in [-0.1, -0.05) is 5.16 Å². The highest BCUT2D eigenvalue weighted by atomic mass is 35.5. The molecule has 1 aromatic carbocycles. The Balaban J connectivity index is 0.00000176. The molecule has 1 aromatic heterocycles. The van der Waals surface area contributed by atoms with E-state index in [1.807, 2.05) is 18.2 Å². The molecule has 0 bridgehead atoms. The van der Waals surface area contributed by atoms with Gasteiger partial charge in [-0.3, -0.25) is 0 Å². The summed E-state index contributed by atoms with van der Waals surface area (Å²) in [6, 6.07) is 6.03. The number of hydrogen-bond donors (Lipinski definition) is 1. The first-order chi connectivity index (χ1) is 10.3. The number of benzene rings is 1. The summed E-state index contributed by atoms with van der Waals surface area (Å²) < 4.78 is 15.9. The van der Waals surface area contributed by atoms with Gasteiger partial charge in [-0.15, -0.1) is 12.4 Å². The molecule has 0 radical (unpaired) electrons. The van der Waals surface area contributed by atoms with E-state index in [-0.39, 0.29) is 12.4 Å². The largest absolute Gasteiger partial charge is 0.493 e. The van der Waals surface area contributed by atoms with Gasteiger partial charge in [0.05, 0.1) is 14.2 Å². The van der Waals surface area contributed by atoms with Crippen molar-refractivity contribution in [1.82, 2.24) is 15.5 Å².